The molecule has 6 heteroatoms. The van der Waals surface area contributed by atoms with Crippen molar-refractivity contribution in [3.8, 4) is 5.75 Å². The highest BCUT2D eigenvalue weighted by Gasteiger charge is 2.16. The van der Waals surface area contributed by atoms with Gasteiger partial charge in [0.25, 0.3) is 5.91 Å². The molecule has 116 valence electrons. The second kappa shape index (κ2) is 7.95. The Kier molecular flexibility index (Phi) is 5.95. The van der Waals surface area contributed by atoms with E-state index in [1.807, 2.05) is 19.1 Å². The van der Waals surface area contributed by atoms with Crippen molar-refractivity contribution in [2.24, 2.45) is 5.73 Å². The van der Waals surface area contributed by atoms with E-state index < -0.39 is 0 Å². The van der Waals surface area contributed by atoms with Crippen molar-refractivity contribution in [1.82, 2.24) is 10.3 Å². The number of pyridine rings is 1. The van der Waals surface area contributed by atoms with Crippen LogP contribution < -0.4 is 15.8 Å². The third-order valence-corrected chi connectivity index (χ3v) is 3.40. The number of aryl methyl sites for hydroxylation is 1. The molecule has 3 N–H and O–H groups in total. The molecule has 0 bridgehead atoms. The lowest BCUT2D eigenvalue weighted by atomic mass is 10.1. The number of rotatable bonds is 6. The molecular formula is C15H23N3O3. The summed E-state index contributed by atoms with van der Waals surface area (Å²) in [6.07, 6.45) is 2.35. The second-order valence-corrected chi connectivity index (χ2v) is 5.18. The summed E-state index contributed by atoms with van der Waals surface area (Å²) in [7, 11) is 0. The smallest absolute Gasteiger partial charge is 0.258 e. The van der Waals surface area contributed by atoms with E-state index in [9.17, 15) is 4.79 Å². The van der Waals surface area contributed by atoms with E-state index >= 15 is 0 Å². The van der Waals surface area contributed by atoms with Gasteiger partial charge in [-0.3, -0.25) is 9.78 Å². The molecule has 2 rings (SSSR count). The standard InChI is InChI=1S/C15H23N3O3/c1-11-2-3-14(13(17-11)4-7-16)21-10-15(19)18-12-5-8-20-9-6-12/h2-3,12H,4-10,16H2,1H3,(H,18,19). The average molecular weight is 293 g/mol. The van der Waals surface area contributed by atoms with Crippen LogP contribution in [0.25, 0.3) is 0 Å². The monoisotopic (exact) mass is 293 g/mol. The van der Waals surface area contributed by atoms with Gasteiger partial charge in [-0.25, -0.2) is 0 Å². The highest BCUT2D eigenvalue weighted by molar-refractivity contribution is 5.77. The minimum atomic E-state index is -0.110. The van der Waals surface area contributed by atoms with Gasteiger partial charge in [-0.15, -0.1) is 0 Å². The molecule has 1 aliphatic rings. The lowest BCUT2D eigenvalue weighted by molar-refractivity contribution is -0.124. The highest BCUT2D eigenvalue weighted by Crippen LogP contribution is 2.17. The van der Waals surface area contributed by atoms with Crippen molar-refractivity contribution in [3.63, 3.8) is 0 Å². The summed E-state index contributed by atoms with van der Waals surface area (Å²) < 4.78 is 10.8. The highest BCUT2D eigenvalue weighted by atomic mass is 16.5. The van der Waals surface area contributed by atoms with E-state index in [0.717, 1.165) is 24.2 Å². The van der Waals surface area contributed by atoms with Crippen LogP contribution in [0.5, 0.6) is 5.75 Å². The SMILES string of the molecule is Cc1ccc(OCC(=O)NC2CCOCC2)c(CCN)n1. The molecule has 0 aromatic carbocycles. The summed E-state index contributed by atoms with van der Waals surface area (Å²) in [5.74, 6) is 0.523. The lowest BCUT2D eigenvalue weighted by Crippen LogP contribution is -2.41. The fraction of sp³-hybridized carbons (Fsp3) is 0.600. The van der Waals surface area contributed by atoms with Crippen LogP contribution in [0.1, 0.15) is 24.2 Å². The lowest BCUT2D eigenvalue weighted by Gasteiger charge is -2.23. The van der Waals surface area contributed by atoms with Gasteiger partial charge in [0.05, 0.1) is 5.69 Å². The van der Waals surface area contributed by atoms with Gasteiger partial charge in [0.2, 0.25) is 0 Å². The molecule has 0 aliphatic carbocycles. The van der Waals surface area contributed by atoms with E-state index in [0.29, 0.717) is 31.9 Å². The third kappa shape index (κ3) is 4.99. The molecule has 1 amide bonds. The quantitative estimate of drug-likeness (QED) is 0.800. The maximum absolute atomic E-state index is 11.9. The number of ether oxygens (including phenoxy) is 2. The van der Waals surface area contributed by atoms with E-state index in [1.165, 1.54) is 0 Å². The number of carbonyl (C=O) groups is 1. The van der Waals surface area contributed by atoms with E-state index in [2.05, 4.69) is 10.3 Å². The number of hydrogen-bond donors (Lipinski definition) is 2. The van der Waals surface area contributed by atoms with Gasteiger partial charge in [-0.2, -0.15) is 0 Å². The molecule has 1 aromatic heterocycles. The van der Waals surface area contributed by atoms with Gasteiger partial charge in [0.15, 0.2) is 6.61 Å². The van der Waals surface area contributed by atoms with Crippen LogP contribution in [-0.2, 0) is 16.0 Å². The number of carbonyl (C=O) groups excluding carboxylic acids is 1. The van der Waals surface area contributed by atoms with Crippen molar-refractivity contribution in [3.05, 3.63) is 23.5 Å². The molecule has 0 radical (unpaired) electrons. The first-order valence-electron chi connectivity index (χ1n) is 7.35. The van der Waals surface area contributed by atoms with E-state index in [1.54, 1.807) is 0 Å². The van der Waals surface area contributed by atoms with Crippen molar-refractivity contribution >= 4 is 5.91 Å². The largest absolute Gasteiger partial charge is 0.482 e. The Labute approximate surface area is 125 Å². The summed E-state index contributed by atoms with van der Waals surface area (Å²) in [4.78, 5) is 16.3. The summed E-state index contributed by atoms with van der Waals surface area (Å²) >= 11 is 0. The molecule has 1 fully saturated rings. The molecule has 0 spiro atoms. The minimum Gasteiger partial charge on any atom is -0.482 e. The Morgan fingerprint density at radius 1 is 1.48 bits per heavy atom. The average Bonchev–Trinajstić information content (AvgIpc) is 2.48. The van der Waals surface area contributed by atoms with Crippen molar-refractivity contribution in [2.45, 2.75) is 32.2 Å². The summed E-state index contributed by atoms with van der Waals surface area (Å²) in [5, 5.41) is 2.96. The van der Waals surface area contributed by atoms with Crippen LogP contribution in [0, 0.1) is 6.92 Å². The molecule has 1 aromatic rings. The first-order valence-corrected chi connectivity index (χ1v) is 7.35. The van der Waals surface area contributed by atoms with Crippen LogP contribution in [0.2, 0.25) is 0 Å². The van der Waals surface area contributed by atoms with Crippen LogP contribution in [-0.4, -0.2) is 43.3 Å². The molecule has 6 nitrogen and oxygen atoms in total. The molecule has 2 heterocycles. The zero-order valence-electron chi connectivity index (χ0n) is 12.4. The van der Waals surface area contributed by atoms with Gasteiger partial charge in [-0.05, 0) is 38.4 Å². The number of nitrogens with zero attached hydrogens (tertiary/aromatic N) is 1. The molecule has 0 saturated carbocycles. The van der Waals surface area contributed by atoms with Crippen LogP contribution in [0.15, 0.2) is 12.1 Å². The van der Waals surface area contributed by atoms with Crippen LogP contribution in [0.3, 0.4) is 0 Å². The Bertz CT molecular complexity index is 473. The maximum Gasteiger partial charge on any atom is 0.258 e. The number of amides is 1. The first-order chi connectivity index (χ1) is 10.2. The minimum absolute atomic E-state index is 0.000328. The maximum atomic E-state index is 11.9. The molecular weight excluding hydrogens is 270 g/mol. The predicted octanol–water partition coefficient (Wildman–Crippen LogP) is 0.565. The van der Waals surface area contributed by atoms with Crippen LogP contribution >= 0.6 is 0 Å². The molecule has 1 saturated heterocycles. The Hall–Kier alpha value is -1.66. The van der Waals surface area contributed by atoms with E-state index in [4.69, 9.17) is 15.2 Å². The van der Waals surface area contributed by atoms with Crippen LogP contribution in [0.4, 0.5) is 0 Å². The molecule has 0 unspecified atom stereocenters. The number of nitrogens with two attached hydrogens (primary N) is 1. The van der Waals surface area contributed by atoms with Gasteiger partial charge in [-0.1, -0.05) is 0 Å². The van der Waals surface area contributed by atoms with Gasteiger partial charge in [0, 0.05) is 31.4 Å². The van der Waals surface area contributed by atoms with Crippen molar-refractivity contribution in [2.75, 3.05) is 26.4 Å². The fourth-order valence-electron chi connectivity index (χ4n) is 2.30. The van der Waals surface area contributed by atoms with Gasteiger partial charge < -0.3 is 20.5 Å². The number of nitrogens with one attached hydrogen (secondary N) is 1. The summed E-state index contributed by atoms with van der Waals surface area (Å²) in [6, 6.07) is 3.90. The predicted molar refractivity (Wildman–Crippen MR) is 79.2 cm³/mol. The van der Waals surface area contributed by atoms with Gasteiger partial charge >= 0.3 is 0 Å². The molecule has 0 atom stereocenters. The van der Waals surface area contributed by atoms with Crippen molar-refractivity contribution < 1.29 is 14.3 Å². The fourth-order valence-corrected chi connectivity index (χ4v) is 2.30. The first kappa shape index (κ1) is 15.7. The zero-order valence-corrected chi connectivity index (χ0v) is 12.4. The number of aromatic nitrogens is 1. The molecule has 21 heavy (non-hydrogen) atoms. The Balaban J connectivity index is 1.85. The topological polar surface area (TPSA) is 86.5 Å². The van der Waals surface area contributed by atoms with Gasteiger partial charge in [0.1, 0.15) is 5.75 Å². The second-order valence-electron chi connectivity index (χ2n) is 5.18. The van der Waals surface area contributed by atoms with E-state index in [-0.39, 0.29) is 18.6 Å². The summed E-state index contributed by atoms with van der Waals surface area (Å²) in [5.41, 5.74) is 7.29. The zero-order chi connectivity index (χ0) is 15.1. The number of hydrogen-bond acceptors (Lipinski definition) is 5. The Morgan fingerprint density at radius 3 is 2.95 bits per heavy atom. The Morgan fingerprint density at radius 2 is 2.24 bits per heavy atom. The molecule has 1 aliphatic heterocycles. The summed E-state index contributed by atoms with van der Waals surface area (Å²) in [6.45, 7) is 3.82. The normalized spacial score (nSPS) is 15.7. The third-order valence-electron chi connectivity index (χ3n) is 3.40. The van der Waals surface area contributed by atoms with Crippen molar-refractivity contribution in [1.29, 1.82) is 0 Å².